The molecule has 0 radical (unpaired) electrons. The van der Waals surface area contributed by atoms with Crippen molar-refractivity contribution in [2.45, 2.75) is 32.4 Å². The summed E-state index contributed by atoms with van der Waals surface area (Å²) in [6.07, 6.45) is 1.69. The second-order valence-electron chi connectivity index (χ2n) is 4.85. The van der Waals surface area contributed by atoms with Crippen LogP contribution in [0, 0.1) is 5.82 Å². The molecule has 2 N–H and O–H groups in total. The van der Waals surface area contributed by atoms with Crippen LogP contribution in [0.1, 0.15) is 36.9 Å². The van der Waals surface area contributed by atoms with Gasteiger partial charge in [0.2, 0.25) is 0 Å². The van der Waals surface area contributed by atoms with Crippen LogP contribution in [0.25, 0.3) is 0 Å². The number of halogens is 1. The van der Waals surface area contributed by atoms with Crippen molar-refractivity contribution in [1.82, 2.24) is 0 Å². The third-order valence-electron chi connectivity index (χ3n) is 3.21. The van der Waals surface area contributed by atoms with Crippen LogP contribution in [-0.4, -0.2) is 0 Å². The molecule has 2 rings (SSSR count). The van der Waals surface area contributed by atoms with Gasteiger partial charge in [0.1, 0.15) is 18.2 Å². The number of hydrogen-bond acceptors (Lipinski definition) is 2. The zero-order valence-corrected chi connectivity index (χ0v) is 11.7. The van der Waals surface area contributed by atoms with Gasteiger partial charge in [0.05, 0.1) is 0 Å². The molecule has 106 valence electrons. The molecule has 0 heterocycles. The van der Waals surface area contributed by atoms with Crippen molar-refractivity contribution in [3.8, 4) is 5.75 Å². The first-order valence-corrected chi connectivity index (χ1v) is 6.92. The van der Waals surface area contributed by atoms with Gasteiger partial charge in [0.15, 0.2) is 0 Å². The van der Waals surface area contributed by atoms with E-state index in [1.807, 2.05) is 37.3 Å². The first-order chi connectivity index (χ1) is 9.70. The third-order valence-corrected chi connectivity index (χ3v) is 3.21. The number of rotatable bonds is 6. The molecule has 0 aliphatic heterocycles. The van der Waals surface area contributed by atoms with Gasteiger partial charge >= 0.3 is 0 Å². The summed E-state index contributed by atoms with van der Waals surface area (Å²) in [7, 11) is 0. The fourth-order valence-electron chi connectivity index (χ4n) is 2.10. The molecular formula is C17H20FNO. The maximum atomic E-state index is 13.8. The molecule has 20 heavy (non-hydrogen) atoms. The van der Waals surface area contributed by atoms with E-state index in [-0.39, 0.29) is 11.9 Å². The van der Waals surface area contributed by atoms with Crippen LogP contribution in [0.5, 0.6) is 5.75 Å². The average molecular weight is 273 g/mol. The quantitative estimate of drug-likeness (QED) is 0.856. The van der Waals surface area contributed by atoms with E-state index in [4.69, 9.17) is 10.5 Å². The van der Waals surface area contributed by atoms with Crippen LogP contribution in [0.2, 0.25) is 0 Å². The van der Waals surface area contributed by atoms with Crippen LogP contribution in [-0.2, 0) is 6.61 Å². The summed E-state index contributed by atoms with van der Waals surface area (Å²) in [5.41, 5.74) is 7.59. The van der Waals surface area contributed by atoms with E-state index in [0.717, 1.165) is 18.4 Å². The second-order valence-corrected chi connectivity index (χ2v) is 4.85. The van der Waals surface area contributed by atoms with Crippen molar-refractivity contribution < 1.29 is 9.13 Å². The summed E-state index contributed by atoms with van der Waals surface area (Å²) in [5, 5.41) is 0. The lowest BCUT2D eigenvalue weighted by molar-refractivity contribution is 0.305. The Hall–Kier alpha value is -1.87. The molecule has 2 nitrogen and oxygen atoms in total. The predicted octanol–water partition coefficient (Wildman–Crippen LogP) is 4.20. The molecule has 0 aliphatic rings. The summed E-state index contributed by atoms with van der Waals surface area (Å²) in [6, 6.07) is 14.4. The van der Waals surface area contributed by atoms with Gasteiger partial charge in [-0.15, -0.1) is 0 Å². The molecule has 0 fully saturated rings. The topological polar surface area (TPSA) is 35.2 Å². The molecule has 0 amide bonds. The molecular weight excluding hydrogens is 253 g/mol. The number of hydrogen-bond donors (Lipinski definition) is 1. The van der Waals surface area contributed by atoms with E-state index >= 15 is 0 Å². The molecule has 0 aliphatic carbocycles. The summed E-state index contributed by atoms with van der Waals surface area (Å²) >= 11 is 0. The average Bonchev–Trinajstić information content (AvgIpc) is 2.47. The van der Waals surface area contributed by atoms with Gasteiger partial charge in [0, 0.05) is 11.6 Å². The van der Waals surface area contributed by atoms with E-state index < -0.39 is 0 Å². The van der Waals surface area contributed by atoms with Crippen LogP contribution < -0.4 is 10.5 Å². The van der Waals surface area contributed by atoms with E-state index in [1.165, 1.54) is 6.07 Å². The number of benzene rings is 2. The Labute approximate surface area is 119 Å². The van der Waals surface area contributed by atoms with Crippen LogP contribution in [0.3, 0.4) is 0 Å². The second kappa shape index (κ2) is 7.06. The Morgan fingerprint density at radius 1 is 1.15 bits per heavy atom. The summed E-state index contributed by atoms with van der Waals surface area (Å²) < 4.78 is 19.5. The molecule has 0 bridgehead atoms. The highest BCUT2D eigenvalue weighted by atomic mass is 19.1. The smallest absolute Gasteiger partial charge is 0.128 e. The maximum absolute atomic E-state index is 13.8. The molecule has 0 spiro atoms. The molecule has 0 aromatic heterocycles. The molecule has 1 atom stereocenters. The summed E-state index contributed by atoms with van der Waals surface area (Å²) in [5.74, 6) is 0.384. The lowest BCUT2D eigenvalue weighted by Crippen LogP contribution is -2.12. The van der Waals surface area contributed by atoms with Crippen molar-refractivity contribution in [3.05, 3.63) is 65.5 Å². The van der Waals surface area contributed by atoms with Crippen molar-refractivity contribution in [3.63, 3.8) is 0 Å². The zero-order valence-electron chi connectivity index (χ0n) is 11.7. The summed E-state index contributed by atoms with van der Waals surface area (Å²) in [4.78, 5) is 0. The lowest BCUT2D eigenvalue weighted by atomic mass is 10.0. The van der Waals surface area contributed by atoms with E-state index in [0.29, 0.717) is 17.9 Å². The van der Waals surface area contributed by atoms with E-state index in [1.54, 1.807) is 12.1 Å². The lowest BCUT2D eigenvalue weighted by Gasteiger charge is -2.14. The minimum Gasteiger partial charge on any atom is -0.489 e. The van der Waals surface area contributed by atoms with Crippen LogP contribution in [0.15, 0.2) is 48.5 Å². The van der Waals surface area contributed by atoms with Gasteiger partial charge in [0.25, 0.3) is 0 Å². The van der Waals surface area contributed by atoms with Crippen LogP contribution >= 0.6 is 0 Å². The highest BCUT2D eigenvalue weighted by Crippen LogP contribution is 2.24. The molecule has 0 saturated carbocycles. The maximum Gasteiger partial charge on any atom is 0.128 e. The van der Waals surface area contributed by atoms with Gasteiger partial charge in [-0.05, 0) is 30.2 Å². The van der Waals surface area contributed by atoms with Gasteiger partial charge in [-0.1, -0.05) is 43.7 Å². The molecule has 1 unspecified atom stereocenters. The van der Waals surface area contributed by atoms with Crippen molar-refractivity contribution in [2.24, 2.45) is 5.73 Å². The van der Waals surface area contributed by atoms with Gasteiger partial charge in [-0.25, -0.2) is 4.39 Å². The Balaban J connectivity index is 2.07. The largest absolute Gasteiger partial charge is 0.489 e. The van der Waals surface area contributed by atoms with Crippen LogP contribution in [0.4, 0.5) is 4.39 Å². The minimum absolute atomic E-state index is 0.266. The van der Waals surface area contributed by atoms with Gasteiger partial charge in [-0.3, -0.25) is 0 Å². The summed E-state index contributed by atoms with van der Waals surface area (Å²) in [6.45, 7) is 2.50. The Morgan fingerprint density at radius 3 is 2.60 bits per heavy atom. The van der Waals surface area contributed by atoms with Crippen molar-refractivity contribution in [2.75, 3.05) is 0 Å². The number of ether oxygens (including phenoxy) is 1. The highest BCUT2D eigenvalue weighted by Gasteiger charge is 2.12. The molecule has 0 saturated heterocycles. The fraction of sp³-hybridized carbons (Fsp3) is 0.294. The van der Waals surface area contributed by atoms with Gasteiger partial charge < -0.3 is 10.5 Å². The third kappa shape index (κ3) is 3.81. The predicted molar refractivity (Wildman–Crippen MR) is 79.0 cm³/mol. The molecule has 2 aromatic rings. The zero-order chi connectivity index (χ0) is 14.4. The highest BCUT2D eigenvalue weighted by molar-refractivity contribution is 5.32. The van der Waals surface area contributed by atoms with E-state index in [2.05, 4.69) is 0 Å². The minimum atomic E-state index is -0.278. The van der Waals surface area contributed by atoms with Gasteiger partial charge in [-0.2, -0.15) is 0 Å². The molecule has 3 heteroatoms. The fourth-order valence-corrected chi connectivity index (χ4v) is 2.10. The Kier molecular flexibility index (Phi) is 5.13. The normalized spacial score (nSPS) is 12.2. The first kappa shape index (κ1) is 14.5. The molecule has 2 aromatic carbocycles. The van der Waals surface area contributed by atoms with E-state index in [9.17, 15) is 4.39 Å². The van der Waals surface area contributed by atoms with Crippen molar-refractivity contribution in [1.29, 1.82) is 0 Å². The monoisotopic (exact) mass is 273 g/mol. The number of nitrogens with two attached hydrogens (primary N) is 1. The standard InChI is InChI=1S/C17H20FNO/c1-2-6-17(19)15-11-14(9-10-16(15)18)20-12-13-7-4-3-5-8-13/h3-5,7-11,17H,2,6,12,19H2,1H3. The Morgan fingerprint density at radius 2 is 1.90 bits per heavy atom. The SMILES string of the molecule is CCCC(N)c1cc(OCc2ccccc2)ccc1F. The Bertz CT molecular complexity index is 542. The van der Waals surface area contributed by atoms with Crippen molar-refractivity contribution >= 4 is 0 Å². The first-order valence-electron chi connectivity index (χ1n) is 6.92.